The Bertz CT molecular complexity index is 604. The molecule has 0 N–H and O–H groups in total. The maximum Gasteiger partial charge on any atom is 0.194 e. The SMILES string of the molecule is Cc1ccc(C(C#N)C(=O)c2sccc2C)cc1. The Labute approximate surface area is 111 Å². The largest absolute Gasteiger partial charge is 0.291 e. The Hall–Kier alpha value is -1.92. The van der Waals surface area contributed by atoms with Gasteiger partial charge in [0.25, 0.3) is 0 Å². The van der Waals surface area contributed by atoms with Gasteiger partial charge in [0.05, 0.1) is 10.9 Å². The molecule has 0 saturated heterocycles. The average molecular weight is 255 g/mol. The molecule has 3 heteroatoms. The van der Waals surface area contributed by atoms with Gasteiger partial charge in [-0.3, -0.25) is 4.79 Å². The molecule has 0 spiro atoms. The van der Waals surface area contributed by atoms with Crippen LogP contribution in [0.4, 0.5) is 0 Å². The van der Waals surface area contributed by atoms with Crippen molar-refractivity contribution in [3.63, 3.8) is 0 Å². The quantitative estimate of drug-likeness (QED) is 0.781. The number of ketones is 1. The molecular formula is C15H13NOS. The fourth-order valence-electron chi connectivity index (χ4n) is 1.80. The van der Waals surface area contributed by atoms with Gasteiger partial charge < -0.3 is 0 Å². The highest BCUT2D eigenvalue weighted by Crippen LogP contribution is 2.25. The zero-order chi connectivity index (χ0) is 13.1. The summed E-state index contributed by atoms with van der Waals surface area (Å²) in [5.74, 6) is -0.809. The van der Waals surface area contributed by atoms with Crippen LogP contribution in [0.2, 0.25) is 0 Å². The van der Waals surface area contributed by atoms with Gasteiger partial charge in [0.2, 0.25) is 0 Å². The number of rotatable bonds is 3. The number of carbonyl (C=O) groups excluding carboxylic acids is 1. The fourth-order valence-corrected chi connectivity index (χ4v) is 2.70. The van der Waals surface area contributed by atoms with Gasteiger partial charge in [0.15, 0.2) is 5.78 Å². The van der Waals surface area contributed by atoms with Gasteiger partial charge in [0, 0.05) is 0 Å². The lowest BCUT2D eigenvalue weighted by Crippen LogP contribution is -2.10. The molecule has 1 heterocycles. The molecule has 2 rings (SSSR count). The molecule has 90 valence electrons. The van der Waals surface area contributed by atoms with E-state index in [4.69, 9.17) is 0 Å². The lowest BCUT2D eigenvalue weighted by atomic mass is 9.93. The first-order valence-electron chi connectivity index (χ1n) is 5.68. The number of nitrogens with zero attached hydrogens (tertiary/aromatic N) is 1. The van der Waals surface area contributed by atoms with E-state index < -0.39 is 5.92 Å². The monoisotopic (exact) mass is 255 g/mol. The van der Waals surface area contributed by atoms with Crippen LogP contribution in [-0.4, -0.2) is 5.78 Å². The average Bonchev–Trinajstić information content (AvgIpc) is 2.78. The normalized spacial score (nSPS) is 11.8. The van der Waals surface area contributed by atoms with Crippen LogP contribution in [0.15, 0.2) is 35.7 Å². The Balaban J connectivity index is 2.36. The first kappa shape index (κ1) is 12.5. The first-order chi connectivity index (χ1) is 8.63. The summed E-state index contributed by atoms with van der Waals surface area (Å²) >= 11 is 1.40. The Morgan fingerprint density at radius 1 is 1.22 bits per heavy atom. The summed E-state index contributed by atoms with van der Waals surface area (Å²) in [6, 6.07) is 11.6. The number of hydrogen-bond donors (Lipinski definition) is 0. The van der Waals surface area contributed by atoms with Gasteiger partial charge >= 0.3 is 0 Å². The minimum absolute atomic E-state index is 0.103. The van der Waals surface area contributed by atoms with Crippen molar-refractivity contribution in [2.24, 2.45) is 0 Å². The maximum atomic E-state index is 12.3. The second-order valence-electron chi connectivity index (χ2n) is 4.27. The summed E-state index contributed by atoms with van der Waals surface area (Å²) in [5, 5.41) is 11.1. The lowest BCUT2D eigenvalue weighted by molar-refractivity contribution is 0.0982. The molecular weight excluding hydrogens is 242 g/mol. The Morgan fingerprint density at radius 3 is 2.39 bits per heavy atom. The predicted octanol–water partition coefficient (Wildman–Crippen LogP) is 3.86. The van der Waals surface area contributed by atoms with Gasteiger partial charge in [-0.05, 0) is 36.4 Å². The van der Waals surface area contributed by atoms with Gasteiger partial charge in [-0.2, -0.15) is 5.26 Å². The molecule has 2 nitrogen and oxygen atoms in total. The van der Waals surface area contributed by atoms with Crippen LogP contribution < -0.4 is 0 Å². The van der Waals surface area contributed by atoms with E-state index in [-0.39, 0.29) is 5.78 Å². The minimum atomic E-state index is -0.706. The fraction of sp³-hybridized carbons (Fsp3) is 0.200. The van der Waals surface area contributed by atoms with Crippen LogP contribution >= 0.6 is 11.3 Å². The first-order valence-corrected chi connectivity index (χ1v) is 6.56. The predicted molar refractivity (Wildman–Crippen MR) is 72.9 cm³/mol. The standard InChI is InChI=1S/C15H13NOS/c1-10-3-5-12(6-4-10)13(9-16)14(17)15-11(2)7-8-18-15/h3-8,13H,1-2H3. The molecule has 1 aromatic carbocycles. The van der Waals surface area contributed by atoms with Crippen molar-refractivity contribution in [3.05, 3.63) is 57.3 Å². The summed E-state index contributed by atoms with van der Waals surface area (Å²) in [6.45, 7) is 3.88. The molecule has 0 radical (unpaired) electrons. The van der Waals surface area contributed by atoms with E-state index in [0.29, 0.717) is 4.88 Å². The van der Waals surface area contributed by atoms with Crippen molar-refractivity contribution in [1.82, 2.24) is 0 Å². The smallest absolute Gasteiger partial charge is 0.194 e. The topological polar surface area (TPSA) is 40.9 Å². The highest BCUT2D eigenvalue weighted by molar-refractivity contribution is 7.12. The summed E-state index contributed by atoms with van der Waals surface area (Å²) < 4.78 is 0. The zero-order valence-corrected chi connectivity index (χ0v) is 11.1. The Kier molecular flexibility index (Phi) is 3.59. The van der Waals surface area contributed by atoms with Gasteiger partial charge in [-0.25, -0.2) is 0 Å². The van der Waals surface area contributed by atoms with E-state index in [2.05, 4.69) is 6.07 Å². The van der Waals surface area contributed by atoms with Crippen molar-refractivity contribution in [3.8, 4) is 6.07 Å². The molecule has 0 aliphatic carbocycles. The van der Waals surface area contributed by atoms with Crippen molar-refractivity contribution >= 4 is 17.1 Å². The van der Waals surface area contributed by atoms with E-state index in [1.165, 1.54) is 11.3 Å². The van der Waals surface area contributed by atoms with Crippen LogP contribution in [0.5, 0.6) is 0 Å². The van der Waals surface area contributed by atoms with E-state index in [1.54, 1.807) is 0 Å². The van der Waals surface area contributed by atoms with Gasteiger partial charge in [-0.15, -0.1) is 11.3 Å². The second kappa shape index (κ2) is 5.16. The summed E-state index contributed by atoms with van der Waals surface area (Å²) in [7, 11) is 0. The molecule has 0 saturated carbocycles. The third-order valence-corrected chi connectivity index (χ3v) is 3.92. The highest BCUT2D eigenvalue weighted by atomic mass is 32.1. The molecule has 0 bridgehead atoms. The van der Waals surface area contributed by atoms with E-state index >= 15 is 0 Å². The molecule has 1 aromatic heterocycles. The maximum absolute atomic E-state index is 12.3. The number of benzene rings is 1. The number of aryl methyl sites for hydroxylation is 2. The number of Topliss-reactive ketones (excluding diaryl/α,β-unsaturated/α-hetero) is 1. The molecule has 2 aromatic rings. The number of nitriles is 1. The van der Waals surface area contributed by atoms with Crippen molar-refractivity contribution in [2.45, 2.75) is 19.8 Å². The van der Waals surface area contributed by atoms with Gasteiger partial charge in [-0.1, -0.05) is 29.8 Å². The highest BCUT2D eigenvalue weighted by Gasteiger charge is 2.23. The van der Waals surface area contributed by atoms with Gasteiger partial charge in [0.1, 0.15) is 5.92 Å². The molecule has 1 atom stereocenters. The van der Waals surface area contributed by atoms with Crippen LogP contribution in [-0.2, 0) is 0 Å². The summed E-state index contributed by atoms with van der Waals surface area (Å²) in [5.41, 5.74) is 2.83. The third-order valence-electron chi connectivity index (χ3n) is 2.89. The minimum Gasteiger partial charge on any atom is -0.291 e. The van der Waals surface area contributed by atoms with Crippen molar-refractivity contribution in [1.29, 1.82) is 5.26 Å². The summed E-state index contributed by atoms with van der Waals surface area (Å²) in [4.78, 5) is 13.0. The number of hydrogen-bond acceptors (Lipinski definition) is 3. The molecule has 18 heavy (non-hydrogen) atoms. The second-order valence-corrected chi connectivity index (χ2v) is 5.19. The third kappa shape index (κ3) is 2.34. The van der Waals surface area contributed by atoms with Crippen LogP contribution in [0, 0.1) is 25.2 Å². The van der Waals surface area contributed by atoms with Crippen LogP contribution in [0.1, 0.15) is 32.3 Å². The number of carbonyl (C=O) groups is 1. The zero-order valence-electron chi connectivity index (χ0n) is 10.3. The molecule has 0 amide bonds. The van der Waals surface area contributed by atoms with E-state index in [9.17, 15) is 10.1 Å². The van der Waals surface area contributed by atoms with Crippen molar-refractivity contribution < 1.29 is 4.79 Å². The molecule has 0 aliphatic heterocycles. The lowest BCUT2D eigenvalue weighted by Gasteiger charge is -2.08. The number of thiophene rings is 1. The van der Waals surface area contributed by atoms with Crippen LogP contribution in [0.3, 0.4) is 0 Å². The van der Waals surface area contributed by atoms with E-state index in [0.717, 1.165) is 16.7 Å². The van der Waals surface area contributed by atoms with E-state index in [1.807, 2.05) is 49.6 Å². The van der Waals surface area contributed by atoms with Crippen molar-refractivity contribution in [2.75, 3.05) is 0 Å². The van der Waals surface area contributed by atoms with Crippen LogP contribution in [0.25, 0.3) is 0 Å². The molecule has 0 aliphatic rings. The molecule has 0 fully saturated rings. The Morgan fingerprint density at radius 2 is 1.89 bits per heavy atom. The summed E-state index contributed by atoms with van der Waals surface area (Å²) in [6.07, 6.45) is 0. The molecule has 1 unspecified atom stereocenters.